The SMILES string of the molecule is COc1cc(C=NNC(=O)CSc2nc3ccccc3n2Cc2ccc(Cl)cc2)ccc1O. The van der Waals surface area contributed by atoms with Gasteiger partial charge in [-0.3, -0.25) is 4.79 Å². The second kappa shape index (κ2) is 10.4. The third kappa shape index (κ3) is 5.66. The van der Waals surface area contributed by atoms with Crippen molar-refractivity contribution in [3.63, 3.8) is 0 Å². The van der Waals surface area contributed by atoms with E-state index in [0.717, 1.165) is 21.8 Å². The van der Waals surface area contributed by atoms with Crippen molar-refractivity contribution in [1.82, 2.24) is 15.0 Å². The number of amides is 1. The van der Waals surface area contributed by atoms with Crippen molar-refractivity contribution in [3.8, 4) is 11.5 Å². The molecule has 0 fully saturated rings. The quantitative estimate of drug-likeness (QED) is 0.217. The average molecular weight is 481 g/mol. The second-order valence-electron chi connectivity index (χ2n) is 7.11. The first-order valence-electron chi connectivity index (χ1n) is 10.0. The molecule has 33 heavy (non-hydrogen) atoms. The van der Waals surface area contributed by atoms with Crippen LogP contribution < -0.4 is 10.2 Å². The van der Waals surface area contributed by atoms with Gasteiger partial charge in [0.05, 0.1) is 36.7 Å². The van der Waals surface area contributed by atoms with Crippen molar-refractivity contribution in [1.29, 1.82) is 0 Å². The van der Waals surface area contributed by atoms with Crippen LogP contribution in [0.3, 0.4) is 0 Å². The Balaban J connectivity index is 1.43. The maximum atomic E-state index is 12.3. The minimum Gasteiger partial charge on any atom is -0.504 e. The molecule has 7 nitrogen and oxygen atoms in total. The van der Waals surface area contributed by atoms with Gasteiger partial charge in [0.25, 0.3) is 5.91 Å². The number of hydrazone groups is 1. The van der Waals surface area contributed by atoms with Gasteiger partial charge in [0.15, 0.2) is 16.7 Å². The zero-order valence-corrected chi connectivity index (χ0v) is 19.3. The van der Waals surface area contributed by atoms with Crippen LogP contribution in [-0.4, -0.2) is 39.6 Å². The number of nitrogens with one attached hydrogen (secondary N) is 1. The fourth-order valence-corrected chi connectivity index (χ4v) is 4.14. The van der Waals surface area contributed by atoms with E-state index in [1.807, 2.05) is 48.5 Å². The monoisotopic (exact) mass is 480 g/mol. The van der Waals surface area contributed by atoms with Crippen LogP contribution in [0.25, 0.3) is 11.0 Å². The molecule has 0 spiro atoms. The van der Waals surface area contributed by atoms with Gasteiger partial charge in [0.2, 0.25) is 0 Å². The average Bonchev–Trinajstić information content (AvgIpc) is 3.17. The summed E-state index contributed by atoms with van der Waals surface area (Å²) in [5.41, 5.74) is 6.15. The Bertz CT molecular complexity index is 1310. The number of carbonyl (C=O) groups excluding carboxylic acids is 1. The Kier molecular flexibility index (Phi) is 7.16. The van der Waals surface area contributed by atoms with Crippen molar-refractivity contribution in [2.24, 2.45) is 5.10 Å². The van der Waals surface area contributed by atoms with E-state index in [0.29, 0.717) is 22.9 Å². The largest absolute Gasteiger partial charge is 0.504 e. The summed E-state index contributed by atoms with van der Waals surface area (Å²) in [6, 6.07) is 20.3. The molecule has 0 unspecified atom stereocenters. The van der Waals surface area contributed by atoms with E-state index in [1.54, 1.807) is 12.1 Å². The number of carbonyl (C=O) groups is 1. The standard InChI is InChI=1S/C24H21ClN4O3S/c1-32-22-12-17(8-11-21(22)30)13-26-28-23(31)15-33-24-27-19-4-2-3-5-20(19)29(24)14-16-6-9-18(25)10-7-16/h2-13,30H,14-15H2,1H3,(H,28,31). The number of phenols is 1. The predicted octanol–water partition coefficient (Wildman–Crippen LogP) is 4.69. The highest BCUT2D eigenvalue weighted by Crippen LogP contribution is 2.26. The van der Waals surface area contributed by atoms with E-state index in [2.05, 4.69) is 15.1 Å². The molecule has 2 N–H and O–H groups in total. The van der Waals surface area contributed by atoms with Crippen LogP contribution in [0.1, 0.15) is 11.1 Å². The van der Waals surface area contributed by atoms with Gasteiger partial charge in [-0.1, -0.05) is 47.6 Å². The number of rotatable bonds is 8. The third-order valence-electron chi connectivity index (χ3n) is 4.81. The molecule has 168 valence electrons. The molecule has 9 heteroatoms. The molecule has 4 aromatic rings. The van der Waals surface area contributed by atoms with E-state index in [4.69, 9.17) is 21.3 Å². The van der Waals surface area contributed by atoms with Crippen molar-refractivity contribution in [3.05, 3.63) is 82.9 Å². The fraction of sp³-hybridized carbons (Fsp3) is 0.125. The molecule has 0 aliphatic carbocycles. The lowest BCUT2D eigenvalue weighted by Gasteiger charge is -2.09. The van der Waals surface area contributed by atoms with Crippen LogP contribution in [0.15, 0.2) is 77.0 Å². The number of para-hydroxylation sites is 2. The maximum Gasteiger partial charge on any atom is 0.250 e. The zero-order valence-electron chi connectivity index (χ0n) is 17.7. The summed E-state index contributed by atoms with van der Waals surface area (Å²) in [5, 5.41) is 15.1. The molecule has 0 saturated heterocycles. The Labute approximate surface area is 200 Å². The van der Waals surface area contributed by atoms with Crippen molar-refractivity contribution in [2.75, 3.05) is 12.9 Å². The molecular formula is C24H21ClN4O3S. The number of imidazole rings is 1. The van der Waals surface area contributed by atoms with Gasteiger partial charge in [0.1, 0.15) is 0 Å². The number of phenolic OH excluding ortho intramolecular Hbond substituents is 1. The molecule has 1 aromatic heterocycles. The van der Waals surface area contributed by atoms with Gasteiger partial charge in [-0.2, -0.15) is 5.10 Å². The zero-order chi connectivity index (χ0) is 23.2. The number of hydrogen-bond acceptors (Lipinski definition) is 6. The highest BCUT2D eigenvalue weighted by molar-refractivity contribution is 7.99. The summed E-state index contributed by atoms with van der Waals surface area (Å²) >= 11 is 7.36. The van der Waals surface area contributed by atoms with Gasteiger partial charge < -0.3 is 14.4 Å². The Morgan fingerprint density at radius 1 is 1.21 bits per heavy atom. The highest BCUT2D eigenvalue weighted by Gasteiger charge is 2.13. The van der Waals surface area contributed by atoms with E-state index in [1.165, 1.54) is 31.2 Å². The van der Waals surface area contributed by atoms with Crippen LogP contribution in [0.5, 0.6) is 11.5 Å². The van der Waals surface area contributed by atoms with Gasteiger partial charge in [0, 0.05) is 5.02 Å². The van der Waals surface area contributed by atoms with E-state index >= 15 is 0 Å². The van der Waals surface area contributed by atoms with Crippen LogP contribution >= 0.6 is 23.4 Å². The van der Waals surface area contributed by atoms with Gasteiger partial charge in [-0.05, 0) is 53.6 Å². The number of ether oxygens (including phenoxy) is 1. The smallest absolute Gasteiger partial charge is 0.250 e. The summed E-state index contributed by atoms with van der Waals surface area (Å²) in [7, 11) is 1.47. The van der Waals surface area contributed by atoms with Crippen LogP contribution in [0.4, 0.5) is 0 Å². The normalized spacial score (nSPS) is 11.2. The van der Waals surface area contributed by atoms with Gasteiger partial charge in [-0.25, -0.2) is 10.4 Å². The summed E-state index contributed by atoms with van der Waals surface area (Å²) in [6.07, 6.45) is 1.49. The molecule has 0 radical (unpaired) electrons. The molecular weight excluding hydrogens is 460 g/mol. The number of fused-ring (bicyclic) bond motifs is 1. The number of hydrogen-bond donors (Lipinski definition) is 2. The molecule has 0 atom stereocenters. The second-order valence-corrected chi connectivity index (χ2v) is 8.49. The molecule has 0 saturated carbocycles. The number of benzene rings is 3. The molecule has 0 bridgehead atoms. The lowest BCUT2D eigenvalue weighted by atomic mass is 10.2. The molecule has 3 aromatic carbocycles. The number of methoxy groups -OCH3 is 1. The van der Waals surface area contributed by atoms with Crippen LogP contribution in [0.2, 0.25) is 5.02 Å². The lowest BCUT2D eigenvalue weighted by molar-refractivity contribution is -0.118. The number of aromatic hydroxyl groups is 1. The van der Waals surface area contributed by atoms with Crippen LogP contribution in [0, 0.1) is 0 Å². The third-order valence-corrected chi connectivity index (χ3v) is 6.04. The van der Waals surface area contributed by atoms with Gasteiger partial charge >= 0.3 is 0 Å². The number of halogens is 1. The number of thioether (sulfide) groups is 1. The van der Waals surface area contributed by atoms with E-state index < -0.39 is 0 Å². The number of aromatic nitrogens is 2. The van der Waals surface area contributed by atoms with E-state index in [9.17, 15) is 9.90 Å². The molecule has 1 amide bonds. The first-order chi connectivity index (χ1) is 16.0. The van der Waals surface area contributed by atoms with Crippen molar-refractivity contribution < 1.29 is 14.6 Å². The van der Waals surface area contributed by atoms with Crippen molar-refractivity contribution >= 4 is 46.5 Å². The fourth-order valence-electron chi connectivity index (χ4n) is 3.20. The first-order valence-corrected chi connectivity index (χ1v) is 11.4. The summed E-state index contributed by atoms with van der Waals surface area (Å²) in [4.78, 5) is 17.0. The van der Waals surface area contributed by atoms with Crippen molar-refractivity contribution in [2.45, 2.75) is 11.7 Å². The highest BCUT2D eigenvalue weighted by atomic mass is 35.5. The topological polar surface area (TPSA) is 88.7 Å². The van der Waals surface area contributed by atoms with Gasteiger partial charge in [-0.15, -0.1) is 0 Å². The Morgan fingerprint density at radius 2 is 2.00 bits per heavy atom. The minimum atomic E-state index is -0.257. The number of nitrogens with zero attached hydrogens (tertiary/aromatic N) is 3. The summed E-state index contributed by atoms with van der Waals surface area (Å²) in [5.74, 6) is 0.268. The minimum absolute atomic E-state index is 0.0385. The molecule has 1 heterocycles. The predicted molar refractivity (Wildman–Crippen MR) is 131 cm³/mol. The summed E-state index contributed by atoms with van der Waals surface area (Å²) < 4.78 is 7.15. The Morgan fingerprint density at radius 3 is 2.79 bits per heavy atom. The summed E-state index contributed by atoms with van der Waals surface area (Å²) in [6.45, 7) is 0.614. The Hall–Kier alpha value is -3.49. The molecule has 0 aliphatic heterocycles. The van der Waals surface area contributed by atoms with Crippen LogP contribution in [-0.2, 0) is 11.3 Å². The first kappa shape index (κ1) is 22.7. The maximum absolute atomic E-state index is 12.3. The lowest BCUT2D eigenvalue weighted by Crippen LogP contribution is -2.20. The van der Waals surface area contributed by atoms with E-state index in [-0.39, 0.29) is 17.4 Å². The molecule has 4 rings (SSSR count). The molecule has 0 aliphatic rings.